The van der Waals surface area contributed by atoms with E-state index >= 15 is 0 Å². The molecule has 3 aromatic rings. The Balaban J connectivity index is 2.01. The van der Waals surface area contributed by atoms with Crippen LogP contribution in [0.2, 0.25) is 0 Å². The van der Waals surface area contributed by atoms with Crippen molar-refractivity contribution in [3.63, 3.8) is 0 Å². The van der Waals surface area contributed by atoms with Crippen LogP contribution in [0, 0.1) is 6.92 Å². The molecule has 0 spiro atoms. The molecule has 0 unspecified atom stereocenters. The van der Waals surface area contributed by atoms with Crippen molar-refractivity contribution in [1.82, 2.24) is 14.8 Å². The normalized spacial score (nSPS) is 10.8. The Morgan fingerprint density at radius 2 is 2.10 bits per heavy atom. The van der Waals surface area contributed by atoms with Gasteiger partial charge >= 0.3 is 5.97 Å². The first-order valence-corrected chi connectivity index (χ1v) is 6.25. The van der Waals surface area contributed by atoms with E-state index in [0.29, 0.717) is 12.2 Å². The van der Waals surface area contributed by atoms with Gasteiger partial charge in [0.05, 0.1) is 17.8 Å². The molecule has 2 heterocycles. The highest BCUT2D eigenvalue weighted by Gasteiger charge is 2.12. The van der Waals surface area contributed by atoms with Crippen molar-refractivity contribution in [3.05, 3.63) is 59.5 Å². The predicted molar refractivity (Wildman–Crippen MR) is 74.8 cm³/mol. The van der Waals surface area contributed by atoms with Gasteiger partial charge in [0, 0.05) is 17.8 Å². The minimum atomic E-state index is -0.954. The summed E-state index contributed by atoms with van der Waals surface area (Å²) in [5.74, 6) is -0.954. The highest BCUT2D eigenvalue weighted by atomic mass is 16.4. The standard InChI is InChI=1S/C15H13N3O2/c1-10-13(15(19)20)9-18(17-10)8-12-5-2-4-11-6-3-7-16-14(11)12/h2-7,9H,8H2,1H3,(H,19,20). The molecule has 0 bridgehead atoms. The van der Waals surface area contributed by atoms with Gasteiger partial charge in [-0.1, -0.05) is 24.3 Å². The lowest BCUT2D eigenvalue weighted by molar-refractivity contribution is 0.0696. The zero-order valence-corrected chi connectivity index (χ0v) is 10.9. The van der Waals surface area contributed by atoms with Crippen molar-refractivity contribution in [2.75, 3.05) is 0 Å². The maximum Gasteiger partial charge on any atom is 0.339 e. The van der Waals surface area contributed by atoms with Gasteiger partial charge in [0.2, 0.25) is 0 Å². The van der Waals surface area contributed by atoms with Crippen LogP contribution < -0.4 is 0 Å². The summed E-state index contributed by atoms with van der Waals surface area (Å²) < 4.78 is 1.64. The summed E-state index contributed by atoms with van der Waals surface area (Å²) in [5, 5.41) is 14.4. The number of para-hydroxylation sites is 1. The SMILES string of the molecule is Cc1nn(Cc2cccc3cccnc23)cc1C(=O)O. The number of benzene rings is 1. The Morgan fingerprint density at radius 1 is 1.30 bits per heavy atom. The lowest BCUT2D eigenvalue weighted by Crippen LogP contribution is -2.02. The fraction of sp³-hybridized carbons (Fsp3) is 0.133. The number of aromatic nitrogens is 3. The van der Waals surface area contributed by atoms with E-state index in [9.17, 15) is 4.79 Å². The van der Waals surface area contributed by atoms with Crippen LogP contribution in [0.25, 0.3) is 10.9 Å². The number of fused-ring (bicyclic) bond motifs is 1. The average molecular weight is 267 g/mol. The van der Waals surface area contributed by atoms with E-state index < -0.39 is 5.97 Å². The number of pyridine rings is 1. The van der Waals surface area contributed by atoms with Crippen LogP contribution in [0.1, 0.15) is 21.6 Å². The molecule has 0 aliphatic rings. The highest BCUT2D eigenvalue weighted by Crippen LogP contribution is 2.17. The van der Waals surface area contributed by atoms with Crippen molar-refractivity contribution in [1.29, 1.82) is 0 Å². The quantitative estimate of drug-likeness (QED) is 0.791. The van der Waals surface area contributed by atoms with Crippen LogP contribution in [0.5, 0.6) is 0 Å². The van der Waals surface area contributed by atoms with E-state index in [1.165, 1.54) is 0 Å². The molecule has 5 heteroatoms. The fourth-order valence-electron chi connectivity index (χ4n) is 2.28. The molecular weight excluding hydrogens is 254 g/mol. The first kappa shape index (κ1) is 12.3. The zero-order chi connectivity index (χ0) is 14.1. The Labute approximate surface area is 115 Å². The molecular formula is C15H13N3O2. The summed E-state index contributed by atoms with van der Waals surface area (Å²) in [4.78, 5) is 15.4. The third kappa shape index (κ3) is 2.14. The Hall–Kier alpha value is -2.69. The Kier molecular flexibility index (Phi) is 2.95. The summed E-state index contributed by atoms with van der Waals surface area (Å²) in [6.45, 7) is 2.20. The van der Waals surface area contributed by atoms with Crippen LogP contribution >= 0.6 is 0 Å². The molecule has 0 fully saturated rings. The topological polar surface area (TPSA) is 68.0 Å². The van der Waals surface area contributed by atoms with Gasteiger partial charge in [0.1, 0.15) is 5.56 Å². The van der Waals surface area contributed by atoms with E-state index in [1.54, 1.807) is 24.0 Å². The number of aryl methyl sites for hydroxylation is 1. The van der Waals surface area contributed by atoms with Gasteiger partial charge < -0.3 is 5.11 Å². The summed E-state index contributed by atoms with van der Waals surface area (Å²) >= 11 is 0. The van der Waals surface area contributed by atoms with Gasteiger partial charge in [-0.05, 0) is 18.6 Å². The zero-order valence-electron chi connectivity index (χ0n) is 10.9. The number of carboxylic acids is 1. The first-order valence-electron chi connectivity index (χ1n) is 6.25. The van der Waals surface area contributed by atoms with Gasteiger partial charge in [-0.15, -0.1) is 0 Å². The van der Waals surface area contributed by atoms with Crippen molar-refractivity contribution >= 4 is 16.9 Å². The first-order chi connectivity index (χ1) is 9.65. The van der Waals surface area contributed by atoms with Crippen LogP contribution in [0.3, 0.4) is 0 Å². The van der Waals surface area contributed by atoms with Gasteiger partial charge in [-0.3, -0.25) is 9.67 Å². The van der Waals surface area contributed by atoms with E-state index in [4.69, 9.17) is 5.11 Å². The Bertz CT molecular complexity index is 787. The molecule has 0 saturated carbocycles. The van der Waals surface area contributed by atoms with E-state index in [1.807, 2.05) is 30.3 Å². The number of hydrogen-bond donors (Lipinski definition) is 1. The third-order valence-electron chi connectivity index (χ3n) is 3.23. The molecule has 20 heavy (non-hydrogen) atoms. The minimum Gasteiger partial charge on any atom is -0.478 e. The molecule has 2 aromatic heterocycles. The van der Waals surface area contributed by atoms with Crippen LogP contribution in [-0.2, 0) is 6.54 Å². The highest BCUT2D eigenvalue weighted by molar-refractivity contribution is 5.88. The third-order valence-corrected chi connectivity index (χ3v) is 3.23. The molecule has 0 saturated heterocycles. The number of hydrogen-bond acceptors (Lipinski definition) is 3. The molecule has 1 aromatic carbocycles. The molecule has 0 amide bonds. The molecule has 100 valence electrons. The summed E-state index contributed by atoms with van der Waals surface area (Å²) in [7, 11) is 0. The number of carbonyl (C=O) groups is 1. The average Bonchev–Trinajstić information content (AvgIpc) is 2.80. The van der Waals surface area contributed by atoms with Crippen LogP contribution in [0.4, 0.5) is 0 Å². The lowest BCUT2D eigenvalue weighted by atomic mass is 10.1. The maximum absolute atomic E-state index is 11.0. The fourth-order valence-corrected chi connectivity index (χ4v) is 2.28. The number of nitrogens with zero attached hydrogens (tertiary/aromatic N) is 3. The largest absolute Gasteiger partial charge is 0.478 e. The van der Waals surface area contributed by atoms with Gasteiger partial charge in [0.15, 0.2) is 0 Å². The van der Waals surface area contributed by atoms with E-state index in [2.05, 4.69) is 10.1 Å². The second-order valence-corrected chi connectivity index (χ2v) is 4.62. The monoisotopic (exact) mass is 267 g/mol. The smallest absolute Gasteiger partial charge is 0.339 e. The molecule has 5 nitrogen and oxygen atoms in total. The van der Waals surface area contributed by atoms with Crippen molar-refractivity contribution in [2.24, 2.45) is 0 Å². The molecule has 1 N–H and O–H groups in total. The lowest BCUT2D eigenvalue weighted by Gasteiger charge is -2.05. The van der Waals surface area contributed by atoms with Crippen molar-refractivity contribution < 1.29 is 9.90 Å². The van der Waals surface area contributed by atoms with Gasteiger partial charge in [-0.25, -0.2) is 4.79 Å². The van der Waals surface area contributed by atoms with Gasteiger partial charge in [-0.2, -0.15) is 5.10 Å². The number of carboxylic acid groups (broad SMARTS) is 1. The Morgan fingerprint density at radius 3 is 2.85 bits per heavy atom. The van der Waals surface area contributed by atoms with Gasteiger partial charge in [0.25, 0.3) is 0 Å². The number of aromatic carboxylic acids is 1. The maximum atomic E-state index is 11.0. The molecule has 0 aliphatic carbocycles. The second kappa shape index (κ2) is 4.77. The van der Waals surface area contributed by atoms with Crippen LogP contribution in [-0.4, -0.2) is 25.8 Å². The second-order valence-electron chi connectivity index (χ2n) is 4.62. The molecule has 0 aliphatic heterocycles. The summed E-state index contributed by atoms with van der Waals surface area (Å²) in [6.07, 6.45) is 3.31. The predicted octanol–water partition coefficient (Wildman–Crippen LogP) is 2.49. The van der Waals surface area contributed by atoms with Crippen molar-refractivity contribution in [2.45, 2.75) is 13.5 Å². The van der Waals surface area contributed by atoms with Crippen molar-refractivity contribution in [3.8, 4) is 0 Å². The summed E-state index contributed by atoms with van der Waals surface area (Å²) in [5.41, 5.74) is 2.69. The number of rotatable bonds is 3. The van der Waals surface area contributed by atoms with Crippen LogP contribution in [0.15, 0.2) is 42.7 Å². The molecule has 3 rings (SSSR count). The molecule has 0 atom stereocenters. The summed E-state index contributed by atoms with van der Waals surface area (Å²) in [6, 6.07) is 9.85. The minimum absolute atomic E-state index is 0.234. The van der Waals surface area contributed by atoms with E-state index in [-0.39, 0.29) is 5.56 Å². The van der Waals surface area contributed by atoms with E-state index in [0.717, 1.165) is 16.5 Å². The molecule has 0 radical (unpaired) electrons.